The van der Waals surface area contributed by atoms with Gasteiger partial charge in [0.25, 0.3) is 0 Å². The molecule has 1 aromatic rings. The minimum atomic E-state index is 0.516. The molecule has 0 fully saturated rings. The van der Waals surface area contributed by atoms with E-state index in [2.05, 4.69) is 55.1 Å². The highest BCUT2D eigenvalue weighted by Crippen LogP contribution is 2.09. The molecule has 1 aromatic heterocycles. The Morgan fingerprint density at radius 3 is 2.75 bits per heavy atom. The highest BCUT2D eigenvalue weighted by molar-refractivity contribution is 4.99. The number of nitrogens with one attached hydrogen (secondary N) is 1. The van der Waals surface area contributed by atoms with Crippen molar-refractivity contribution in [2.24, 2.45) is 0 Å². The maximum atomic E-state index is 4.59. The number of nitrogens with zero attached hydrogens (tertiary/aromatic N) is 2. The second-order valence-corrected chi connectivity index (χ2v) is 4.76. The van der Waals surface area contributed by atoms with Gasteiger partial charge in [0.1, 0.15) is 0 Å². The molecule has 0 aliphatic heterocycles. The summed E-state index contributed by atoms with van der Waals surface area (Å²) in [7, 11) is 0. The van der Waals surface area contributed by atoms with Crippen molar-refractivity contribution >= 4 is 0 Å². The van der Waals surface area contributed by atoms with Crippen LogP contribution >= 0.6 is 0 Å². The van der Waals surface area contributed by atoms with E-state index in [0.717, 1.165) is 25.8 Å². The molecule has 0 aliphatic rings. The molecule has 0 aliphatic carbocycles. The average Bonchev–Trinajstić information content (AvgIpc) is 2.71. The number of aryl methyl sites for hydroxylation is 1. The van der Waals surface area contributed by atoms with Crippen LogP contribution in [0.25, 0.3) is 0 Å². The molecule has 1 N–H and O–H groups in total. The predicted molar refractivity (Wildman–Crippen MR) is 68.7 cm³/mol. The Balaban J connectivity index is 2.29. The number of hydrogen-bond donors (Lipinski definition) is 1. The molecule has 0 saturated heterocycles. The van der Waals surface area contributed by atoms with Crippen LogP contribution < -0.4 is 5.32 Å². The van der Waals surface area contributed by atoms with E-state index in [1.165, 1.54) is 5.69 Å². The predicted octanol–water partition coefficient (Wildman–Crippen LogP) is 2.78. The van der Waals surface area contributed by atoms with Crippen LogP contribution in [0.1, 0.15) is 52.3 Å². The van der Waals surface area contributed by atoms with E-state index in [-0.39, 0.29) is 0 Å². The average molecular weight is 223 g/mol. The quantitative estimate of drug-likeness (QED) is 0.720. The number of aromatic nitrogens is 2. The lowest BCUT2D eigenvalue weighted by Gasteiger charge is -2.08. The van der Waals surface area contributed by atoms with Gasteiger partial charge in [-0.25, -0.2) is 0 Å². The lowest BCUT2D eigenvalue weighted by atomic mass is 10.2. The molecule has 0 saturated carbocycles. The molecule has 1 atom stereocenters. The van der Waals surface area contributed by atoms with E-state index < -0.39 is 0 Å². The zero-order chi connectivity index (χ0) is 12.0. The van der Waals surface area contributed by atoms with Gasteiger partial charge in [0.05, 0.1) is 5.69 Å². The van der Waals surface area contributed by atoms with Gasteiger partial charge < -0.3 is 5.32 Å². The molecule has 1 unspecified atom stereocenters. The van der Waals surface area contributed by atoms with Crippen LogP contribution in [0.3, 0.4) is 0 Å². The first-order valence-corrected chi connectivity index (χ1v) is 6.41. The summed E-state index contributed by atoms with van der Waals surface area (Å²) in [6.45, 7) is 9.83. The highest BCUT2D eigenvalue weighted by atomic mass is 15.3. The molecular formula is C13H25N3. The third-order valence-corrected chi connectivity index (χ3v) is 2.87. The summed E-state index contributed by atoms with van der Waals surface area (Å²) in [6.07, 6.45) is 5.47. The summed E-state index contributed by atoms with van der Waals surface area (Å²) in [5, 5.41) is 8.01. The van der Waals surface area contributed by atoms with Crippen molar-refractivity contribution in [3.63, 3.8) is 0 Å². The third-order valence-electron chi connectivity index (χ3n) is 2.87. The molecule has 92 valence electrons. The zero-order valence-corrected chi connectivity index (χ0v) is 11.0. The summed E-state index contributed by atoms with van der Waals surface area (Å²) in [4.78, 5) is 0. The van der Waals surface area contributed by atoms with Crippen LogP contribution in [-0.4, -0.2) is 22.4 Å². The second-order valence-electron chi connectivity index (χ2n) is 4.76. The number of rotatable bonds is 7. The van der Waals surface area contributed by atoms with Crippen molar-refractivity contribution in [3.05, 3.63) is 18.0 Å². The lowest BCUT2D eigenvalue weighted by molar-refractivity contribution is 0.472. The first-order valence-electron chi connectivity index (χ1n) is 6.41. The van der Waals surface area contributed by atoms with Crippen molar-refractivity contribution in [2.45, 2.75) is 59.0 Å². The van der Waals surface area contributed by atoms with Gasteiger partial charge in [0.15, 0.2) is 0 Å². The molecule has 0 spiro atoms. The Labute approximate surface area is 99.2 Å². The van der Waals surface area contributed by atoms with Crippen LogP contribution in [-0.2, 0) is 6.42 Å². The fraction of sp³-hybridized carbons (Fsp3) is 0.769. The van der Waals surface area contributed by atoms with Crippen LogP contribution in [0, 0.1) is 0 Å². The van der Waals surface area contributed by atoms with Crippen molar-refractivity contribution in [1.82, 2.24) is 15.1 Å². The van der Waals surface area contributed by atoms with E-state index in [1.54, 1.807) is 0 Å². The fourth-order valence-corrected chi connectivity index (χ4v) is 1.60. The largest absolute Gasteiger partial charge is 0.315 e. The summed E-state index contributed by atoms with van der Waals surface area (Å²) in [5.74, 6) is 0. The summed E-state index contributed by atoms with van der Waals surface area (Å²) < 4.78 is 2.07. The molecule has 3 heteroatoms. The van der Waals surface area contributed by atoms with Crippen molar-refractivity contribution < 1.29 is 0 Å². The Hall–Kier alpha value is -0.830. The Kier molecular flexibility index (Phi) is 5.53. The maximum Gasteiger partial charge on any atom is 0.0625 e. The lowest BCUT2D eigenvalue weighted by Crippen LogP contribution is -2.23. The summed E-state index contributed by atoms with van der Waals surface area (Å²) >= 11 is 0. The molecule has 1 rings (SSSR count). The van der Waals surface area contributed by atoms with Crippen LogP contribution in [0.4, 0.5) is 0 Å². The minimum Gasteiger partial charge on any atom is -0.315 e. The fourth-order valence-electron chi connectivity index (χ4n) is 1.60. The molecule has 0 bridgehead atoms. The van der Waals surface area contributed by atoms with E-state index in [4.69, 9.17) is 0 Å². The van der Waals surface area contributed by atoms with Crippen molar-refractivity contribution in [3.8, 4) is 0 Å². The van der Waals surface area contributed by atoms with Gasteiger partial charge in [0.2, 0.25) is 0 Å². The van der Waals surface area contributed by atoms with Crippen LogP contribution in [0.2, 0.25) is 0 Å². The van der Waals surface area contributed by atoms with Gasteiger partial charge in [-0.15, -0.1) is 0 Å². The van der Waals surface area contributed by atoms with Gasteiger partial charge in [-0.05, 0) is 38.8 Å². The van der Waals surface area contributed by atoms with E-state index >= 15 is 0 Å². The Morgan fingerprint density at radius 2 is 2.12 bits per heavy atom. The standard InChI is InChI=1S/C13H25N3/c1-5-12(4)16-10-8-13(15-16)7-6-9-14-11(2)3/h8,10-12,14H,5-7,9H2,1-4H3. The molecule has 0 amide bonds. The topological polar surface area (TPSA) is 29.9 Å². The van der Waals surface area contributed by atoms with E-state index in [1.807, 2.05) is 0 Å². The Morgan fingerprint density at radius 1 is 1.38 bits per heavy atom. The molecule has 16 heavy (non-hydrogen) atoms. The SMILES string of the molecule is CCC(C)n1ccc(CCCNC(C)C)n1. The van der Waals surface area contributed by atoms with Gasteiger partial charge >= 0.3 is 0 Å². The summed E-state index contributed by atoms with van der Waals surface area (Å²) in [5.41, 5.74) is 1.21. The van der Waals surface area contributed by atoms with Gasteiger partial charge in [-0.3, -0.25) is 4.68 Å². The zero-order valence-electron chi connectivity index (χ0n) is 11.0. The second kappa shape index (κ2) is 6.69. The van der Waals surface area contributed by atoms with E-state index in [9.17, 15) is 0 Å². The maximum absolute atomic E-state index is 4.59. The number of hydrogen-bond acceptors (Lipinski definition) is 2. The first-order chi connectivity index (χ1) is 7.63. The molecular weight excluding hydrogens is 198 g/mol. The minimum absolute atomic E-state index is 0.516. The molecule has 3 nitrogen and oxygen atoms in total. The van der Waals surface area contributed by atoms with E-state index in [0.29, 0.717) is 12.1 Å². The molecule has 0 aromatic carbocycles. The third kappa shape index (κ3) is 4.35. The normalized spacial score (nSPS) is 13.3. The summed E-state index contributed by atoms with van der Waals surface area (Å²) in [6, 6.07) is 3.24. The highest BCUT2D eigenvalue weighted by Gasteiger charge is 2.04. The Bertz CT molecular complexity index is 291. The van der Waals surface area contributed by atoms with Crippen molar-refractivity contribution in [1.29, 1.82) is 0 Å². The van der Waals surface area contributed by atoms with Gasteiger partial charge in [-0.2, -0.15) is 5.10 Å². The van der Waals surface area contributed by atoms with Gasteiger partial charge in [0, 0.05) is 18.3 Å². The van der Waals surface area contributed by atoms with Crippen LogP contribution in [0.15, 0.2) is 12.3 Å². The molecule has 1 heterocycles. The van der Waals surface area contributed by atoms with Gasteiger partial charge in [-0.1, -0.05) is 20.8 Å². The van der Waals surface area contributed by atoms with Crippen molar-refractivity contribution in [2.75, 3.05) is 6.54 Å². The smallest absolute Gasteiger partial charge is 0.0625 e. The molecule has 0 radical (unpaired) electrons. The van der Waals surface area contributed by atoms with Crippen LogP contribution in [0.5, 0.6) is 0 Å². The monoisotopic (exact) mass is 223 g/mol. The first kappa shape index (κ1) is 13.2.